The summed E-state index contributed by atoms with van der Waals surface area (Å²) >= 11 is 7.46. The van der Waals surface area contributed by atoms with Crippen molar-refractivity contribution in [3.05, 3.63) is 34.9 Å². The second-order valence-corrected chi connectivity index (χ2v) is 6.89. The maximum Gasteiger partial charge on any atom is 0.240 e. The maximum atomic E-state index is 12.2. The van der Waals surface area contributed by atoms with Crippen molar-refractivity contribution in [2.75, 3.05) is 18.2 Å². The van der Waals surface area contributed by atoms with Crippen LogP contribution >= 0.6 is 23.4 Å². The van der Waals surface area contributed by atoms with Crippen molar-refractivity contribution in [3.8, 4) is 0 Å². The van der Waals surface area contributed by atoms with Crippen molar-refractivity contribution in [1.29, 1.82) is 0 Å². The average molecular weight is 325 g/mol. The van der Waals surface area contributed by atoms with Crippen molar-refractivity contribution in [3.63, 3.8) is 0 Å². The molecule has 1 aliphatic heterocycles. The van der Waals surface area contributed by atoms with Crippen molar-refractivity contribution >= 4 is 35.2 Å². The lowest BCUT2D eigenvalue weighted by Crippen LogP contribution is -2.40. The first-order chi connectivity index (χ1) is 10.1. The first-order valence-corrected chi connectivity index (χ1v) is 8.57. The summed E-state index contributed by atoms with van der Waals surface area (Å²) < 4.78 is 0. The van der Waals surface area contributed by atoms with Gasteiger partial charge < -0.3 is 10.2 Å². The van der Waals surface area contributed by atoms with E-state index in [9.17, 15) is 9.59 Å². The molecule has 21 heavy (non-hydrogen) atoms. The highest BCUT2D eigenvalue weighted by Crippen LogP contribution is 2.41. The molecule has 2 amide bonds. The smallest absolute Gasteiger partial charge is 0.240 e. The highest BCUT2D eigenvalue weighted by Gasteiger charge is 2.34. The third-order valence-corrected chi connectivity index (χ3v) is 5.00. The summed E-state index contributed by atoms with van der Waals surface area (Å²) in [6.07, 6.45) is 2.26. The minimum Gasteiger partial charge on any atom is -0.347 e. The average Bonchev–Trinajstić information content (AvgIpc) is 3.23. The number of carbonyl (C=O) groups excluding carboxylic acids is 2. The van der Waals surface area contributed by atoms with Crippen molar-refractivity contribution in [2.45, 2.75) is 18.9 Å². The molecule has 2 aliphatic rings. The Bertz CT molecular complexity index is 545. The molecule has 1 aromatic carbocycles. The van der Waals surface area contributed by atoms with Crippen molar-refractivity contribution in [2.24, 2.45) is 5.92 Å². The van der Waals surface area contributed by atoms with E-state index in [4.69, 9.17) is 11.6 Å². The van der Waals surface area contributed by atoms with Crippen LogP contribution < -0.4 is 5.32 Å². The molecule has 6 heteroatoms. The lowest BCUT2D eigenvalue weighted by molar-refractivity contribution is -0.132. The zero-order chi connectivity index (χ0) is 14.8. The number of hydrogen-bond acceptors (Lipinski definition) is 3. The van der Waals surface area contributed by atoms with Gasteiger partial charge in [-0.3, -0.25) is 9.59 Å². The Kier molecular flexibility index (Phi) is 4.40. The van der Waals surface area contributed by atoms with E-state index < -0.39 is 0 Å². The predicted molar refractivity (Wildman–Crippen MR) is 84.1 cm³/mol. The molecule has 4 nitrogen and oxygen atoms in total. The molecular formula is C15H17ClN2O2S. The molecule has 112 valence electrons. The summed E-state index contributed by atoms with van der Waals surface area (Å²) in [5, 5.41) is 3.77. The van der Waals surface area contributed by atoms with Crippen LogP contribution in [0.2, 0.25) is 5.02 Å². The zero-order valence-corrected chi connectivity index (χ0v) is 13.1. The third kappa shape index (κ3) is 3.71. The van der Waals surface area contributed by atoms with E-state index in [1.54, 1.807) is 16.7 Å². The standard InChI is InChI=1S/C15H17ClN2O2S/c16-12-5-3-11(4-6-12)15(10-1-2-10)17-13(19)7-18-9-21-8-14(18)20/h3-6,10,15H,1-2,7-9H2,(H,17,19). The molecule has 1 heterocycles. The van der Waals surface area contributed by atoms with Gasteiger partial charge in [0.25, 0.3) is 0 Å². The van der Waals surface area contributed by atoms with Gasteiger partial charge in [0.1, 0.15) is 6.54 Å². The van der Waals surface area contributed by atoms with Gasteiger partial charge in [0.15, 0.2) is 0 Å². The number of benzene rings is 1. The number of amides is 2. The summed E-state index contributed by atoms with van der Waals surface area (Å²) in [6, 6.07) is 7.64. The topological polar surface area (TPSA) is 49.4 Å². The molecule has 0 bridgehead atoms. The SMILES string of the molecule is O=C(CN1CSCC1=O)NC(c1ccc(Cl)cc1)C1CC1. The molecule has 1 atom stereocenters. The Morgan fingerprint density at radius 3 is 2.67 bits per heavy atom. The number of thioether (sulfide) groups is 1. The number of rotatable bonds is 5. The lowest BCUT2D eigenvalue weighted by Gasteiger charge is -2.21. The van der Waals surface area contributed by atoms with Crippen LogP contribution in [-0.2, 0) is 9.59 Å². The molecule has 0 spiro atoms. The molecule has 1 aromatic rings. The number of carbonyl (C=O) groups is 2. The Balaban J connectivity index is 1.63. The molecule has 1 saturated heterocycles. The molecule has 1 saturated carbocycles. The summed E-state index contributed by atoms with van der Waals surface area (Å²) in [5.74, 6) is 1.55. The second kappa shape index (κ2) is 6.28. The van der Waals surface area contributed by atoms with E-state index in [1.165, 1.54) is 0 Å². The van der Waals surface area contributed by atoms with Crippen LogP contribution in [-0.4, -0.2) is 34.9 Å². The highest BCUT2D eigenvalue weighted by atomic mass is 35.5. The Labute approximate surface area is 133 Å². The monoisotopic (exact) mass is 324 g/mol. The Morgan fingerprint density at radius 1 is 1.38 bits per heavy atom. The number of nitrogens with one attached hydrogen (secondary N) is 1. The van der Waals surface area contributed by atoms with Crippen molar-refractivity contribution in [1.82, 2.24) is 10.2 Å². The maximum absolute atomic E-state index is 12.2. The van der Waals surface area contributed by atoms with E-state index in [0.717, 1.165) is 18.4 Å². The van der Waals surface area contributed by atoms with Crippen LogP contribution in [0.1, 0.15) is 24.4 Å². The molecule has 1 unspecified atom stereocenters. The fourth-order valence-corrected chi connectivity index (χ4v) is 3.54. The Hall–Kier alpha value is -1.20. The van der Waals surface area contributed by atoms with Gasteiger partial charge >= 0.3 is 0 Å². The fraction of sp³-hybridized carbons (Fsp3) is 0.467. The fourth-order valence-electron chi connectivity index (χ4n) is 2.51. The quantitative estimate of drug-likeness (QED) is 0.905. The normalized spacial score (nSPS) is 19.7. The van der Waals surface area contributed by atoms with Crippen LogP contribution in [0.4, 0.5) is 0 Å². The lowest BCUT2D eigenvalue weighted by atomic mass is 10.0. The van der Waals surface area contributed by atoms with E-state index in [-0.39, 0.29) is 24.4 Å². The van der Waals surface area contributed by atoms with Gasteiger partial charge in [-0.2, -0.15) is 0 Å². The van der Waals surface area contributed by atoms with Crippen LogP contribution in [0, 0.1) is 5.92 Å². The number of hydrogen-bond donors (Lipinski definition) is 1. The van der Waals surface area contributed by atoms with Gasteiger partial charge in [-0.15, -0.1) is 11.8 Å². The summed E-state index contributed by atoms with van der Waals surface area (Å²) in [5.41, 5.74) is 1.08. The zero-order valence-electron chi connectivity index (χ0n) is 11.5. The van der Waals surface area contributed by atoms with Crippen LogP contribution in [0.3, 0.4) is 0 Å². The molecule has 2 fully saturated rings. The van der Waals surface area contributed by atoms with E-state index in [0.29, 0.717) is 22.6 Å². The number of nitrogens with zero attached hydrogens (tertiary/aromatic N) is 1. The molecule has 0 radical (unpaired) electrons. The minimum absolute atomic E-state index is 0.0279. The van der Waals surface area contributed by atoms with Crippen LogP contribution in [0.15, 0.2) is 24.3 Å². The molecule has 3 rings (SSSR count). The van der Waals surface area contributed by atoms with Gasteiger partial charge in [-0.05, 0) is 36.5 Å². The first-order valence-electron chi connectivity index (χ1n) is 7.04. The predicted octanol–water partition coefficient (Wildman–Crippen LogP) is 2.44. The van der Waals surface area contributed by atoms with Gasteiger partial charge in [0, 0.05) is 5.02 Å². The second-order valence-electron chi connectivity index (χ2n) is 5.50. The minimum atomic E-state index is -0.0855. The molecule has 1 aliphatic carbocycles. The first kappa shape index (κ1) is 14.7. The van der Waals surface area contributed by atoms with Gasteiger partial charge in [0.2, 0.25) is 11.8 Å². The van der Waals surface area contributed by atoms with Gasteiger partial charge in [-0.25, -0.2) is 0 Å². The Morgan fingerprint density at radius 2 is 2.10 bits per heavy atom. The van der Waals surface area contributed by atoms with Crippen LogP contribution in [0.25, 0.3) is 0 Å². The summed E-state index contributed by atoms with van der Waals surface area (Å²) in [6.45, 7) is 0.155. The van der Waals surface area contributed by atoms with Crippen LogP contribution in [0.5, 0.6) is 0 Å². The molecule has 0 aromatic heterocycles. The highest BCUT2D eigenvalue weighted by molar-refractivity contribution is 8.00. The number of halogens is 1. The largest absolute Gasteiger partial charge is 0.347 e. The van der Waals surface area contributed by atoms with Gasteiger partial charge in [-0.1, -0.05) is 23.7 Å². The van der Waals surface area contributed by atoms with E-state index in [2.05, 4.69) is 5.32 Å². The summed E-state index contributed by atoms with van der Waals surface area (Å²) in [7, 11) is 0. The van der Waals surface area contributed by atoms with E-state index in [1.807, 2.05) is 24.3 Å². The third-order valence-electron chi connectivity index (χ3n) is 3.80. The molecular weight excluding hydrogens is 308 g/mol. The summed E-state index contributed by atoms with van der Waals surface area (Å²) in [4.78, 5) is 25.3. The van der Waals surface area contributed by atoms with E-state index >= 15 is 0 Å². The van der Waals surface area contributed by atoms with Crippen molar-refractivity contribution < 1.29 is 9.59 Å². The molecule has 1 N–H and O–H groups in total. The van der Waals surface area contributed by atoms with Gasteiger partial charge in [0.05, 0.1) is 17.7 Å².